The van der Waals surface area contributed by atoms with Gasteiger partial charge < -0.3 is 24.3 Å². The van der Waals surface area contributed by atoms with E-state index in [-0.39, 0.29) is 24.5 Å². The number of hydrogen-bond acceptors (Lipinski definition) is 4. The van der Waals surface area contributed by atoms with Crippen molar-refractivity contribution in [1.29, 1.82) is 0 Å². The Labute approximate surface area is 228 Å². The second-order valence-electron chi connectivity index (χ2n) is 9.62. The average Bonchev–Trinajstić information content (AvgIpc) is 3.45. The summed E-state index contributed by atoms with van der Waals surface area (Å²) in [7, 11) is 3.10. The van der Waals surface area contributed by atoms with Crippen LogP contribution in [0.3, 0.4) is 0 Å². The van der Waals surface area contributed by atoms with Gasteiger partial charge in [0.05, 0.1) is 31.3 Å². The smallest absolute Gasteiger partial charge is 0.322 e. The molecule has 39 heavy (non-hydrogen) atoms. The minimum Gasteiger partial charge on any atom is -0.497 e. The lowest BCUT2D eigenvalue weighted by Crippen LogP contribution is -2.49. The second-order valence-corrected chi connectivity index (χ2v) is 9.62. The van der Waals surface area contributed by atoms with Gasteiger partial charge in [-0.1, -0.05) is 42.5 Å². The number of urea groups is 1. The SMILES string of the molecule is COc1cc(NC(=O)N(CC(=O)N2c3ccccc3-n3cccc3[C@H]2c2ccccc2)C(C)C)cc(OC)c1. The van der Waals surface area contributed by atoms with Gasteiger partial charge in [-0.05, 0) is 43.7 Å². The first-order chi connectivity index (χ1) is 18.9. The van der Waals surface area contributed by atoms with Crippen molar-refractivity contribution in [3.05, 3.63) is 102 Å². The lowest BCUT2D eigenvalue weighted by Gasteiger charge is -2.40. The van der Waals surface area contributed by atoms with Crippen LogP contribution in [0.25, 0.3) is 5.69 Å². The maximum absolute atomic E-state index is 14.2. The number of anilines is 2. The molecule has 0 saturated heterocycles. The molecule has 1 aliphatic heterocycles. The van der Waals surface area contributed by atoms with Gasteiger partial charge >= 0.3 is 6.03 Å². The molecular formula is C31H32N4O4. The van der Waals surface area contributed by atoms with Crippen LogP contribution in [-0.2, 0) is 4.79 Å². The number of ether oxygens (including phenoxy) is 2. The van der Waals surface area contributed by atoms with Crippen molar-refractivity contribution in [2.75, 3.05) is 31.0 Å². The number of nitrogens with zero attached hydrogens (tertiary/aromatic N) is 3. The molecule has 1 aliphatic rings. The minimum atomic E-state index is -0.390. The quantitative estimate of drug-likeness (QED) is 0.328. The molecule has 0 saturated carbocycles. The van der Waals surface area contributed by atoms with E-state index in [2.05, 4.69) is 9.88 Å². The van der Waals surface area contributed by atoms with E-state index < -0.39 is 6.03 Å². The third kappa shape index (κ3) is 5.05. The molecule has 0 fully saturated rings. The number of nitrogens with one attached hydrogen (secondary N) is 1. The van der Waals surface area contributed by atoms with Gasteiger partial charge in [-0.3, -0.25) is 9.69 Å². The van der Waals surface area contributed by atoms with Gasteiger partial charge in [0.15, 0.2) is 0 Å². The number of carbonyl (C=O) groups excluding carboxylic acids is 2. The maximum atomic E-state index is 14.2. The molecule has 1 aromatic heterocycles. The monoisotopic (exact) mass is 524 g/mol. The molecule has 3 aromatic carbocycles. The van der Waals surface area contributed by atoms with Gasteiger partial charge in [0.1, 0.15) is 24.1 Å². The summed E-state index contributed by atoms with van der Waals surface area (Å²) in [6, 6.07) is 26.0. The molecule has 1 atom stereocenters. The van der Waals surface area contributed by atoms with Crippen molar-refractivity contribution < 1.29 is 19.1 Å². The number of hydrogen-bond donors (Lipinski definition) is 1. The van der Waals surface area contributed by atoms with Crippen molar-refractivity contribution in [3.8, 4) is 17.2 Å². The highest BCUT2D eigenvalue weighted by molar-refractivity contribution is 6.01. The first kappa shape index (κ1) is 25.9. The fourth-order valence-electron chi connectivity index (χ4n) is 5.00. The van der Waals surface area contributed by atoms with Gasteiger partial charge in [0.25, 0.3) is 0 Å². The highest BCUT2D eigenvalue weighted by atomic mass is 16.5. The fraction of sp³-hybridized carbons (Fsp3) is 0.226. The molecular weight excluding hydrogens is 492 g/mol. The van der Waals surface area contributed by atoms with Crippen LogP contribution in [0.15, 0.2) is 91.1 Å². The highest BCUT2D eigenvalue weighted by Crippen LogP contribution is 2.42. The normalized spacial score (nSPS) is 13.9. The third-order valence-electron chi connectivity index (χ3n) is 6.90. The van der Waals surface area contributed by atoms with Crippen LogP contribution in [0.4, 0.5) is 16.2 Å². The van der Waals surface area contributed by atoms with Gasteiger partial charge in [0.2, 0.25) is 5.91 Å². The molecule has 4 aromatic rings. The average molecular weight is 525 g/mol. The summed E-state index contributed by atoms with van der Waals surface area (Å²) >= 11 is 0. The summed E-state index contributed by atoms with van der Waals surface area (Å²) in [4.78, 5) is 31.0. The Bertz CT molecular complexity index is 1460. The Kier molecular flexibility index (Phi) is 7.27. The van der Waals surface area contributed by atoms with E-state index in [0.29, 0.717) is 17.2 Å². The van der Waals surface area contributed by atoms with Crippen molar-refractivity contribution in [2.24, 2.45) is 0 Å². The molecule has 5 rings (SSSR count). The largest absolute Gasteiger partial charge is 0.497 e. The number of benzene rings is 3. The third-order valence-corrected chi connectivity index (χ3v) is 6.90. The van der Waals surface area contributed by atoms with E-state index >= 15 is 0 Å². The van der Waals surface area contributed by atoms with Crippen LogP contribution in [0.5, 0.6) is 11.5 Å². The van der Waals surface area contributed by atoms with Gasteiger partial charge in [-0.25, -0.2) is 4.79 Å². The van der Waals surface area contributed by atoms with Gasteiger partial charge in [-0.2, -0.15) is 0 Å². The van der Waals surface area contributed by atoms with Crippen LogP contribution < -0.4 is 19.7 Å². The van der Waals surface area contributed by atoms with Crippen molar-refractivity contribution >= 4 is 23.3 Å². The molecule has 8 nitrogen and oxygen atoms in total. The van der Waals surface area contributed by atoms with E-state index in [9.17, 15) is 9.59 Å². The van der Waals surface area contributed by atoms with E-state index in [1.165, 1.54) is 4.90 Å². The molecule has 1 N–H and O–H groups in total. The maximum Gasteiger partial charge on any atom is 0.322 e. The van der Waals surface area contributed by atoms with Crippen LogP contribution in [0.1, 0.15) is 31.1 Å². The van der Waals surface area contributed by atoms with Crippen LogP contribution in [0, 0.1) is 0 Å². The van der Waals surface area contributed by atoms with Crippen LogP contribution >= 0.6 is 0 Å². The molecule has 8 heteroatoms. The van der Waals surface area contributed by atoms with Crippen molar-refractivity contribution in [3.63, 3.8) is 0 Å². The Morgan fingerprint density at radius 3 is 2.15 bits per heavy atom. The molecule has 3 amide bonds. The van der Waals surface area contributed by atoms with E-state index in [4.69, 9.17) is 9.47 Å². The van der Waals surface area contributed by atoms with Crippen molar-refractivity contribution in [2.45, 2.75) is 25.9 Å². The van der Waals surface area contributed by atoms with Gasteiger partial charge in [-0.15, -0.1) is 0 Å². The summed E-state index contributed by atoms with van der Waals surface area (Å²) in [5.74, 6) is 0.918. The lowest BCUT2D eigenvalue weighted by atomic mass is 9.97. The minimum absolute atomic E-state index is 0.108. The predicted octanol–water partition coefficient (Wildman–Crippen LogP) is 5.87. The standard InChI is InChI=1S/C31H32N4O4/c1-21(2)34(31(37)32-23-17-24(38-3)19-25(18-23)39-4)20-29(36)35-27-14-9-8-13-26(27)33-16-10-15-28(33)30(35)22-11-6-5-7-12-22/h5-19,21,30H,20H2,1-4H3,(H,32,37)/t30-/m1/s1. The second kappa shape index (κ2) is 10.9. The van der Waals surface area contributed by atoms with E-state index in [1.54, 1.807) is 32.4 Å². The lowest BCUT2D eigenvalue weighted by molar-refractivity contribution is -0.119. The van der Waals surface area contributed by atoms with E-state index in [1.807, 2.05) is 91.7 Å². The Hall–Kier alpha value is -4.72. The number of para-hydroxylation sites is 2. The summed E-state index contributed by atoms with van der Waals surface area (Å²) < 4.78 is 12.8. The van der Waals surface area contributed by atoms with Crippen molar-refractivity contribution in [1.82, 2.24) is 9.47 Å². The number of carbonyl (C=O) groups is 2. The Morgan fingerprint density at radius 2 is 1.51 bits per heavy atom. The molecule has 0 unspecified atom stereocenters. The molecule has 200 valence electrons. The number of rotatable bonds is 7. The molecule has 0 aliphatic carbocycles. The molecule has 2 heterocycles. The summed E-state index contributed by atoms with van der Waals surface area (Å²) in [5, 5.41) is 2.91. The zero-order valence-corrected chi connectivity index (χ0v) is 22.5. The summed E-state index contributed by atoms with van der Waals surface area (Å²) in [5.41, 5.74) is 4.20. The molecule has 0 bridgehead atoms. The number of methoxy groups -OCH3 is 2. The fourth-order valence-corrected chi connectivity index (χ4v) is 5.00. The zero-order chi connectivity index (χ0) is 27.5. The zero-order valence-electron chi connectivity index (χ0n) is 22.5. The Morgan fingerprint density at radius 1 is 0.872 bits per heavy atom. The topological polar surface area (TPSA) is 76.0 Å². The Balaban J connectivity index is 1.48. The first-order valence-corrected chi connectivity index (χ1v) is 12.9. The summed E-state index contributed by atoms with van der Waals surface area (Å²) in [6.07, 6.45) is 2.02. The number of aromatic nitrogens is 1. The highest BCUT2D eigenvalue weighted by Gasteiger charge is 2.37. The number of amides is 3. The van der Waals surface area contributed by atoms with Gasteiger partial charge in [0, 0.05) is 36.1 Å². The number of fused-ring (bicyclic) bond motifs is 3. The first-order valence-electron chi connectivity index (χ1n) is 12.9. The molecule has 0 radical (unpaired) electrons. The predicted molar refractivity (Wildman–Crippen MR) is 152 cm³/mol. The van der Waals surface area contributed by atoms with E-state index in [0.717, 1.165) is 22.6 Å². The van der Waals surface area contributed by atoms with Crippen LogP contribution in [-0.4, -0.2) is 48.2 Å². The summed E-state index contributed by atoms with van der Waals surface area (Å²) in [6.45, 7) is 3.68. The molecule has 0 spiro atoms. The van der Waals surface area contributed by atoms with Crippen LogP contribution in [0.2, 0.25) is 0 Å².